The number of piperidine rings is 1. The number of carbonyl (C=O) groups is 1. The highest BCUT2D eigenvalue weighted by molar-refractivity contribution is 5.70. The van der Waals surface area contributed by atoms with Crippen LogP contribution in [-0.4, -0.2) is 44.1 Å². The van der Waals surface area contributed by atoms with Crippen LogP contribution in [0, 0.1) is 6.92 Å². The second kappa shape index (κ2) is 8.37. The molecular formula is C21H20F3N5O2. The zero-order valence-electron chi connectivity index (χ0n) is 16.7. The van der Waals surface area contributed by atoms with Gasteiger partial charge in [-0.05, 0) is 44.0 Å². The summed E-state index contributed by atoms with van der Waals surface area (Å²) in [6.07, 6.45) is -0.236. The Morgan fingerprint density at radius 2 is 1.81 bits per heavy atom. The van der Waals surface area contributed by atoms with Gasteiger partial charge in [0, 0.05) is 24.3 Å². The number of ether oxygens (including phenoxy) is 1. The monoisotopic (exact) mass is 431 g/mol. The summed E-state index contributed by atoms with van der Waals surface area (Å²) in [4.78, 5) is 18.1. The van der Waals surface area contributed by atoms with Gasteiger partial charge in [-0.25, -0.2) is 9.48 Å². The van der Waals surface area contributed by atoms with E-state index in [0.29, 0.717) is 42.9 Å². The van der Waals surface area contributed by atoms with Crippen molar-refractivity contribution in [2.45, 2.75) is 32.0 Å². The van der Waals surface area contributed by atoms with Crippen molar-refractivity contribution in [3.63, 3.8) is 0 Å². The van der Waals surface area contributed by atoms with Crippen LogP contribution in [0.1, 0.15) is 30.1 Å². The highest BCUT2D eigenvalue weighted by atomic mass is 19.4. The lowest BCUT2D eigenvalue weighted by Gasteiger charge is -2.30. The van der Waals surface area contributed by atoms with Crippen molar-refractivity contribution in [1.82, 2.24) is 24.9 Å². The first-order chi connectivity index (χ1) is 14.8. The molecule has 0 unspecified atom stereocenters. The van der Waals surface area contributed by atoms with Crippen molar-refractivity contribution in [2.24, 2.45) is 0 Å². The molecule has 31 heavy (non-hydrogen) atoms. The molecule has 0 aliphatic carbocycles. The summed E-state index contributed by atoms with van der Waals surface area (Å²) in [6, 6.07) is 8.34. The van der Waals surface area contributed by atoms with E-state index in [4.69, 9.17) is 4.74 Å². The summed E-state index contributed by atoms with van der Waals surface area (Å²) in [5, 5.41) is 8.22. The number of alkyl halides is 3. The second-order valence-electron chi connectivity index (χ2n) is 7.38. The summed E-state index contributed by atoms with van der Waals surface area (Å²) < 4.78 is 45.2. The van der Waals surface area contributed by atoms with Crippen molar-refractivity contribution in [1.29, 1.82) is 0 Å². The Balaban J connectivity index is 1.34. The van der Waals surface area contributed by atoms with Gasteiger partial charge in [0.1, 0.15) is 5.69 Å². The van der Waals surface area contributed by atoms with E-state index in [2.05, 4.69) is 15.3 Å². The van der Waals surface area contributed by atoms with Crippen LogP contribution in [0.4, 0.5) is 18.0 Å². The summed E-state index contributed by atoms with van der Waals surface area (Å²) in [5.74, 6) is 0.398. The van der Waals surface area contributed by atoms with Crippen LogP contribution in [0.2, 0.25) is 0 Å². The molecule has 1 saturated heterocycles. The number of hydrogen-bond donors (Lipinski definition) is 0. The third-order valence-corrected chi connectivity index (χ3v) is 5.20. The molecule has 0 bridgehead atoms. The summed E-state index contributed by atoms with van der Waals surface area (Å²) in [5.41, 5.74) is 1.20. The maximum atomic E-state index is 12.7. The largest absolute Gasteiger partial charge is 0.416 e. The Morgan fingerprint density at radius 3 is 2.42 bits per heavy atom. The molecule has 0 atom stereocenters. The Labute approximate surface area is 176 Å². The number of nitrogens with zero attached hydrogens (tertiary/aromatic N) is 5. The standard InChI is InChI=1S/C21H20F3N5O2/c1-14-2-7-18(12-25-14)31-20(30)28-10-8-17(9-11-28)29-13-19(26-27-29)15-3-5-16(6-4-15)21(22,23)24/h2-7,12-13,17H,8-11H2,1H3. The fraction of sp³-hybridized carbons (Fsp3) is 0.333. The number of hydrogen-bond acceptors (Lipinski definition) is 5. The van der Waals surface area contributed by atoms with E-state index in [1.165, 1.54) is 18.3 Å². The van der Waals surface area contributed by atoms with Crippen molar-refractivity contribution in [2.75, 3.05) is 13.1 Å². The van der Waals surface area contributed by atoms with Crippen LogP contribution < -0.4 is 4.74 Å². The zero-order valence-corrected chi connectivity index (χ0v) is 16.7. The molecule has 0 N–H and O–H groups in total. The third kappa shape index (κ3) is 4.84. The maximum Gasteiger partial charge on any atom is 0.416 e. The molecule has 1 aromatic carbocycles. The average molecular weight is 431 g/mol. The van der Waals surface area contributed by atoms with E-state index >= 15 is 0 Å². The van der Waals surface area contributed by atoms with Gasteiger partial charge in [-0.1, -0.05) is 17.3 Å². The van der Waals surface area contributed by atoms with Gasteiger partial charge in [0.2, 0.25) is 0 Å². The minimum atomic E-state index is -4.37. The van der Waals surface area contributed by atoms with Crippen LogP contribution in [0.25, 0.3) is 11.3 Å². The van der Waals surface area contributed by atoms with Gasteiger partial charge < -0.3 is 9.64 Å². The SMILES string of the molecule is Cc1ccc(OC(=O)N2CCC(n3cc(-c4ccc(C(F)(F)F)cc4)nn3)CC2)cn1. The van der Waals surface area contributed by atoms with E-state index in [1.54, 1.807) is 27.9 Å². The van der Waals surface area contributed by atoms with Crippen LogP contribution in [-0.2, 0) is 6.18 Å². The molecule has 3 aromatic rings. The lowest BCUT2D eigenvalue weighted by molar-refractivity contribution is -0.137. The molecule has 0 spiro atoms. The Morgan fingerprint density at radius 1 is 1.10 bits per heavy atom. The van der Waals surface area contributed by atoms with Gasteiger partial charge in [0.25, 0.3) is 0 Å². The van der Waals surface area contributed by atoms with E-state index < -0.39 is 17.8 Å². The quantitative estimate of drug-likeness (QED) is 0.610. The Bertz CT molecular complexity index is 1040. The zero-order chi connectivity index (χ0) is 22.0. The van der Waals surface area contributed by atoms with Gasteiger partial charge in [-0.15, -0.1) is 5.10 Å². The number of likely N-dealkylation sites (tertiary alicyclic amines) is 1. The molecule has 1 fully saturated rings. The molecule has 1 amide bonds. The summed E-state index contributed by atoms with van der Waals surface area (Å²) in [6.45, 7) is 2.85. The van der Waals surface area contributed by atoms with Crippen molar-refractivity contribution in [3.05, 3.63) is 60.0 Å². The summed E-state index contributed by atoms with van der Waals surface area (Å²) in [7, 11) is 0. The minimum Gasteiger partial charge on any atom is -0.409 e. The van der Waals surface area contributed by atoms with E-state index in [-0.39, 0.29) is 6.04 Å². The smallest absolute Gasteiger partial charge is 0.409 e. The molecule has 162 valence electrons. The molecule has 7 nitrogen and oxygen atoms in total. The van der Waals surface area contributed by atoms with E-state index in [0.717, 1.165) is 17.8 Å². The first-order valence-corrected chi connectivity index (χ1v) is 9.78. The van der Waals surface area contributed by atoms with Crippen LogP contribution in [0.15, 0.2) is 48.8 Å². The molecule has 2 aromatic heterocycles. The Hall–Kier alpha value is -3.43. The summed E-state index contributed by atoms with van der Waals surface area (Å²) >= 11 is 0. The number of aromatic nitrogens is 4. The van der Waals surface area contributed by atoms with Crippen LogP contribution >= 0.6 is 0 Å². The number of carbonyl (C=O) groups excluding carboxylic acids is 1. The predicted molar refractivity (Wildman–Crippen MR) is 105 cm³/mol. The maximum absolute atomic E-state index is 12.7. The van der Waals surface area contributed by atoms with Gasteiger partial charge >= 0.3 is 12.3 Å². The Kier molecular flexibility index (Phi) is 5.62. The number of aryl methyl sites for hydroxylation is 1. The van der Waals surface area contributed by atoms with Gasteiger partial charge in [-0.2, -0.15) is 13.2 Å². The van der Waals surface area contributed by atoms with E-state index in [1.807, 2.05) is 6.92 Å². The van der Waals surface area contributed by atoms with E-state index in [9.17, 15) is 18.0 Å². The number of rotatable bonds is 3. The molecule has 0 saturated carbocycles. The number of halogens is 3. The van der Waals surface area contributed by atoms with Crippen molar-refractivity contribution in [3.8, 4) is 17.0 Å². The molecular weight excluding hydrogens is 411 g/mol. The normalized spacial score (nSPS) is 15.2. The fourth-order valence-corrected chi connectivity index (χ4v) is 3.41. The predicted octanol–water partition coefficient (Wildman–Crippen LogP) is 4.50. The fourth-order valence-electron chi connectivity index (χ4n) is 3.41. The second-order valence-corrected chi connectivity index (χ2v) is 7.38. The van der Waals surface area contributed by atoms with Crippen molar-refractivity contribution >= 4 is 6.09 Å². The lowest BCUT2D eigenvalue weighted by Crippen LogP contribution is -2.40. The number of amides is 1. The minimum absolute atomic E-state index is 0.0424. The molecule has 1 aliphatic rings. The third-order valence-electron chi connectivity index (χ3n) is 5.20. The highest BCUT2D eigenvalue weighted by Gasteiger charge is 2.30. The molecule has 0 radical (unpaired) electrons. The number of pyridine rings is 1. The topological polar surface area (TPSA) is 73.1 Å². The molecule has 10 heteroatoms. The highest BCUT2D eigenvalue weighted by Crippen LogP contribution is 2.31. The average Bonchev–Trinajstić information content (AvgIpc) is 3.25. The first kappa shape index (κ1) is 20.8. The molecule has 3 heterocycles. The van der Waals surface area contributed by atoms with Crippen LogP contribution in [0.3, 0.4) is 0 Å². The van der Waals surface area contributed by atoms with Crippen molar-refractivity contribution < 1.29 is 22.7 Å². The van der Waals surface area contributed by atoms with Crippen LogP contribution in [0.5, 0.6) is 5.75 Å². The molecule has 4 rings (SSSR count). The number of benzene rings is 1. The van der Waals surface area contributed by atoms with Gasteiger partial charge in [-0.3, -0.25) is 4.98 Å². The lowest BCUT2D eigenvalue weighted by atomic mass is 10.1. The first-order valence-electron chi connectivity index (χ1n) is 9.78. The van der Waals surface area contributed by atoms with Gasteiger partial charge in [0.15, 0.2) is 5.75 Å². The molecule has 1 aliphatic heterocycles. The van der Waals surface area contributed by atoms with Gasteiger partial charge in [0.05, 0.1) is 24.0 Å².